The van der Waals surface area contributed by atoms with E-state index in [9.17, 15) is 0 Å². The van der Waals surface area contributed by atoms with Crippen LogP contribution in [-0.2, 0) is 10.8 Å². The summed E-state index contributed by atoms with van der Waals surface area (Å²) in [6.07, 6.45) is 0. The summed E-state index contributed by atoms with van der Waals surface area (Å²) in [4.78, 5) is 4.94. The fraction of sp³-hybridized carbons (Fsp3) is 0.243. The van der Waals surface area contributed by atoms with E-state index in [1.807, 2.05) is 0 Å². The zero-order valence-electron chi connectivity index (χ0n) is 47.8. The van der Waals surface area contributed by atoms with Gasteiger partial charge in [0.1, 0.15) is 11.2 Å². The molecule has 3 nitrogen and oxygen atoms in total. The van der Waals surface area contributed by atoms with Crippen LogP contribution in [0.15, 0.2) is 186 Å². The first kappa shape index (κ1) is 51.2. The predicted molar refractivity (Wildman–Crippen MR) is 333 cm³/mol. The van der Waals surface area contributed by atoms with Crippen LogP contribution < -0.4 is 9.80 Å². The molecule has 0 fully saturated rings. The van der Waals surface area contributed by atoms with Crippen molar-refractivity contribution in [3.05, 3.63) is 226 Å². The average molecular weight is 1010 g/mol. The predicted octanol–water partition coefficient (Wildman–Crippen LogP) is 22.2. The van der Waals surface area contributed by atoms with Crippen LogP contribution in [0.1, 0.15) is 126 Å². The number of anilines is 6. The Hall–Kier alpha value is -7.88. The number of aryl methyl sites for hydroxylation is 4. The molecule has 0 radical (unpaired) electrons. The Bertz CT molecular complexity index is 3780. The number of benzene rings is 10. The Labute approximate surface area is 457 Å². The molecule has 386 valence electrons. The van der Waals surface area contributed by atoms with Crippen LogP contribution in [-0.4, -0.2) is 0 Å². The molecule has 0 amide bonds. The van der Waals surface area contributed by atoms with E-state index in [1.54, 1.807) is 0 Å². The van der Waals surface area contributed by atoms with Crippen molar-refractivity contribution in [2.45, 2.75) is 120 Å². The number of furan rings is 1. The molecule has 3 heteroatoms. The Morgan fingerprint density at radius 2 is 0.688 bits per heavy atom. The van der Waals surface area contributed by atoms with Crippen LogP contribution in [0.5, 0.6) is 0 Å². The summed E-state index contributed by atoms with van der Waals surface area (Å²) in [5, 5.41) is 7.09. The minimum absolute atomic E-state index is 0.0391. The van der Waals surface area contributed by atoms with E-state index in [-0.39, 0.29) is 22.7 Å². The normalized spacial score (nSPS) is 12.3. The highest BCUT2D eigenvalue weighted by atomic mass is 16.3. The molecule has 11 aromatic rings. The van der Waals surface area contributed by atoms with Gasteiger partial charge in [-0.2, -0.15) is 0 Å². The molecule has 0 spiro atoms. The van der Waals surface area contributed by atoms with E-state index in [2.05, 4.69) is 289 Å². The number of hydrogen-bond acceptors (Lipinski definition) is 3. The molecular formula is C74H74N2O. The van der Waals surface area contributed by atoms with Crippen molar-refractivity contribution in [1.29, 1.82) is 0 Å². The molecule has 1 aromatic heterocycles. The maximum Gasteiger partial charge on any atom is 0.136 e. The maximum absolute atomic E-state index is 7.10. The summed E-state index contributed by atoms with van der Waals surface area (Å²) < 4.78 is 7.10. The SMILES string of the molecule is Cc1ccccc1-c1ccc(N(c2ccc(C(C)(C)C)cc2)c2ccc3cc4c(cc3c2C(C)C)oc2cc3c(C(C)C)c(N(c5ccc(C(C)(C)C)cc5)c5ccc(-c6ccccc6C)c(C)c5)ccc3cc24)cc1C. The largest absolute Gasteiger partial charge is 0.456 e. The van der Waals surface area contributed by atoms with Crippen LogP contribution in [0.25, 0.3) is 65.7 Å². The Balaban J connectivity index is 1.07. The van der Waals surface area contributed by atoms with E-state index in [4.69, 9.17) is 4.42 Å². The molecule has 10 aromatic carbocycles. The van der Waals surface area contributed by atoms with Gasteiger partial charge in [0, 0.05) is 33.5 Å². The third-order valence-electron chi connectivity index (χ3n) is 16.2. The van der Waals surface area contributed by atoms with Gasteiger partial charge in [-0.3, -0.25) is 0 Å². The van der Waals surface area contributed by atoms with E-state index in [0.29, 0.717) is 0 Å². The third-order valence-corrected chi connectivity index (χ3v) is 16.2. The average Bonchev–Trinajstić information content (AvgIpc) is 3.87. The molecule has 1 heterocycles. The second-order valence-corrected chi connectivity index (χ2v) is 24.4. The molecule has 0 aliphatic rings. The Morgan fingerprint density at radius 1 is 0.338 bits per heavy atom. The van der Waals surface area contributed by atoms with Gasteiger partial charge in [-0.25, -0.2) is 0 Å². The molecule has 0 saturated heterocycles. The van der Waals surface area contributed by atoms with Gasteiger partial charge in [0.25, 0.3) is 0 Å². The summed E-state index contributed by atoms with van der Waals surface area (Å²) in [6.45, 7) is 31.9. The molecule has 0 aliphatic carbocycles. The summed E-state index contributed by atoms with van der Waals surface area (Å²) >= 11 is 0. The van der Waals surface area contributed by atoms with Gasteiger partial charge in [-0.15, -0.1) is 0 Å². The minimum atomic E-state index is 0.0391. The summed E-state index contributed by atoms with van der Waals surface area (Å²) in [5.74, 6) is 0.424. The van der Waals surface area contributed by atoms with Gasteiger partial charge in [0.2, 0.25) is 0 Å². The summed E-state index contributed by atoms with van der Waals surface area (Å²) in [7, 11) is 0. The number of fused-ring (bicyclic) bond motifs is 5. The zero-order chi connectivity index (χ0) is 54.2. The number of nitrogens with zero attached hydrogens (tertiary/aromatic N) is 2. The molecule has 0 bridgehead atoms. The molecule has 0 unspecified atom stereocenters. The van der Waals surface area contributed by atoms with Crippen molar-refractivity contribution in [2.75, 3.05) is 9.80 Å². The second-order valence-electron chi connectivity index (χ2n) is 24.4. The fourth-order valence-electron chi connectivity index (χ4n) is 12.0. The van der Waals surface area contributed by atoms with E-state index >= 15 is 0 Å². The lowest BCUT2D eigenvalue weighted by molar-refractivity contribution is 0.590. The quantitative estimate of drug-likeness (QED) is 0.136. The maximum atomic E-state index is 7.10. The standard InChI is InChI=1S/C74H74N2O/c1-45(2)71-63-43-69-65(41-51(63)23-37-67(71)75(55-29-25-53(26-30-55)73(9,10)11)57-33-35-61(49(7)39-57)59-21-17-15-19-47(59)5)66-42-52-24-38-68(72(46(3)4)64(52)44-70(66)77-69)76(56-31-27-54(28-32-56)74(12,13)14)58-34-36-62(50(8)40-58)60-22-18-16-20-48(60)6/h15-46H,1-14H3. The highest BCUT2D eigenvalue weighted by Crippen LogP contribution is 2.48. The van der Waals surface area contributed by atoms with E-state index in [1.165, 1.54) is 99.7 Å². The van der Waals surface area contributed by atoms with E-state index in [0.717, 1.165) is 44.7 Å². The molecule has 0 N–H and O–H groups in total. The van der Waals surface area contributed by atoms with Crippen molar-refractivity contribution < 1.29 is 4.42 Å². The molecule has 77 heavy (non-hydrogen) atoms. The van der Waals surface area contributed by atoms with Crippen molar-refractivity contribution in [3.63, 3.8) is 0 Å². The lowest BCUT2D eigenvalue weighted by Crippen LogP contribution is -2.15. The first-order valence-electron chi connectivity index (χ1n) is 27.8. The van der Waals surface area contributed by atoms with Gasteiger partial charge in [0.15, 0.2) is 0 Å². The van der Waals surface area contributed by atoms with Gasteiger partial charge in [0.05, 0.1) is 11.4 Å². The van der Waals surface area contributed by atoms with Crippen molar-refractivity contribution in [1.82, 2.24) is 0 Å². The second kappa shape index (κ2) is 19.6. The first-order valence-corrected chi connectivity index (χ1v) is 27.8. The van der Waals surface area contributed by atoms with E-state index < -0.39 is 0 Å². The van der Waals surface area contributed by atoms with Crippen LogP contribution in [0.4, 0.5) is 34.1 Å². The highest BCUT2D eigenvalue weighted by molar-refractivity contribution is 6.15. The smallest absolute Gasteiger partial charge is 0.136 e. The monoisotopic (exact) mass is 1010 g/mol. The Morgan fingerprint density at radius 3 is 1.03 bits per heavy atom. The lowest BCUT2D eigenvalue weighted by Gasteiger charge is -2.31. The molecule has 11 rings (SSSR count). The summed E-state index contributed by atoms with van der Waals surface area (Å²) in [6, 6.07) is 68.5. The van der Waals surface area contributed by atoms with Crippen LogP contribution in [0.2, 0.25) is 0 Å². The highest BCUT2D eigenvalue weighted by Gasteiger charge is 2.26. The third kappa shape index (κ3) is 9.39. The summed E-state index contributed by atoms with van der Waals surface area (Å²) in [5.41, 5.74) is 24.1. The number of hydrogen-bond donors (Lipinski definition) is 0. The van der Waals surface area contributed by atoms with Gasteiger partial charge >= 0.3 is 0 Å². The molecule has 0 saturated carbocycles. The van der Waals surface area contributed by atoms with Crippen molar-refractivity contribution in [2.24, 2.45) is 0 Å². The first-order chi connectivity index (χ1) is 36.7. The van der Waals surface area contributed by atoms with Crippen LogP contribution >= 0.6 is 0 Å². The minimum Gasteiger partial charge on any atom is -0.456 e. The topological polar surface area (TPSA) is 19.6 Å². The van der Waals surface area contributed by atoms with Gasteiger partial charge in [-0.1, -0.05) is 166 Å². The molecule has 0 aliphatic heterocycles. The molecule has 0 atom stereocenters. The van der Waals surface area contributed by atoms with Crippen molar-refractivity contribution in [3.8, 4) is 22.3 Å². The zero-order valence-corrected chi connectivity index (χ0v) is 47.8. The lowest BCUT2D eigenvalue weighted by atomic mass is 9.87. The number of rotatable bonds is 10. The van der Waals surface area contributed by atoms with Crippen molar-refractivity contribution >= 4 is 77.6 Å². The van der Waals surface area contributed by atoms with Gasteiger partial charge < -0.3 is 14.2 Å². The Kier molecular flexibility index (Phi) is 13.0. The van der Waals surface area contributed by atoms with Crippen LogP contribution in [0.3, 0.4) is 0 Å². The molecular weight excluding hydrogens is 933 g/mol. The van der Waals surface area contributed by atoms with Crippen LogP contribution in [0, 0.1) is 27.7 Å². The fourth-order valence-corrected chi connectivity index (χ4v) is 12.0. The van der Waals surface area contributed by atoms with Gasteiger partial charge in [-0.05, 0) is 224 Å².